The maximum Gasteiger partial charge on any atom is 0.306 e. The Labute approximate surface area is 263 Å². The first-order chi connectivity index (χ1) is 20.6. The van der Waals surface area contributed by atoms with Crippen LogP contribution in [0.4, 0.5) is 0 Å². The molecule has 8 heteroatoms. The summed E-state index contributed by atoms with van der Waals surface area (Å²) in [6.45, 7) is 4.55. The molecule has 8 nitrogen and oxygen atoms in total. The van der Waals surface area contributed by atoms with Gasteiger partial charge in [-0.1, -0.05) is 96.6 Å². The molecule has 0 rings (SSSR count). The number of unbranched alkanes of at least 4 members (excludes halogenated alkanes) is 14. The number of carbonyl (C=O) groups excluding carboxylic acids is 3. The van der Waals surface area contributed by atoms with Crippen molar-refractivity contribution in [3.05, 3.63) is 12.2 Å². The van der Waals surface area contributed by atoms with E-state index in [9.17, 15) is 19.5 Å². The van der Waals surface area contributed by atoms with Crippen LogP contribution < -0.4 is 5.11 Å². The Hall–Kier alpha value is -1.93. The van der Waals surface area contributed by atoms with Crippen LogP contribution in [0.5, 0.6) is 0 Å². The van der Waals surface area contributed by atoms with E-state index in [0.29, 0.717) is 12.8 Å². The third kappa shape index (κ3) is 26.2. The molecule has 0 spiro atoms. The molecular weight excluding hydrogens is 546 g/mol. The van der Waals surface area contributed by atoms with E-state index in [1.807, 2.05) is 0 Å². The van der Waals surface area contributed by atoms with Gasteiger partial charge < -0.3 is 28.6 Å². The minimum absolute atomic E-state index is 0.0407. The Morgan fingerprint density at radius 1 is 0.674 bits per heavy atom. The number of nitrogens with zero attached hydrogens (tertiary/aromatic N) is 1. The average molecular weight is 612 g/mol. The fourth-order valence-corrected chi connectivity index (χ4v) is 4.89. The van der Waals surface area contributed by atoms with Crippen molar-refractivity contribution in [1.29, 1.82) is 0 Å². The van der Waals surface area contributed by atoms with Crippen molar-refractivity contribution in [3.63, 3.8) is 0 Å². The maximum absolute atomic E-state index is 12.5. The number of carbonyl (C=O) groups is 3. The van der Waals surface area contributed by atoms with Gasteiger partial charge in [0.1, 0.15) is 12.6 Å². The summed E-state index contributed by atoms with van der Waals surface area (Å²) in [5.41, 5.74) is 0. The number of quaternary nitrogens is 1. The van der Waals surface area contributed by atoms with Crippen LogP contribution in [0.3, 0.4) is 0 Å². The van der Waals surface area contributed by atoms with E-state index in [-0.39, 0.29) is 42.7 Å². The fraction of sp³-hybridized carbons (Fsp3) is 0.857. The molecule has 0 aromatic carbocycles. The largest absolute Gasteiger partial charge is 0.544 e. The SMILES string of the molecule is CCCCCC/C=C\CCCCCCCC(=O)OC(COCCC(C(=O)[O-])[N+](C)(C)C)COC(=O)CCCCCCCC. The van der Waals surface area contributed by atoms with Crippen LogP contribution in [-0.2, 0) is 28.6 Å². The molecule has 0 bridgehead atoms. The number of allylic oxidation sites excluding steroid dienone is 2. The van der Waals surface area contributed by atoms with E-state index < -0.39 is 18.1 Å². The number of carboxylic acids is 1. The van der Waals surface area contributed by atoms with Crippen LogP contribution in [0.25, 0.3) is 0 Å². The number of carboxylic acid groups (broad SMARTS) is 1. The van der Waals surface area contributed by atoms with Crippen LogP contribution in [-0.4, -0.2) is 75.5 Å². The lowest BCUT2D eigenvalue weighted by Crippen LogP contribution is -2.55. The van der Waals surface area contributed by atoms with Gasteiger partial charge in [0.05, 0.1) is 40.3 Å². The molecule has 0 saturated carbocycles. The van der Waals surface area contributed by atoms with E-state index in [1.165, 1.54) is 57.8 Å². The number of ether oxygens (including phenoxy) is 3. The zero-order chi connectivity index (χ0) is 32.2. The van der Waals surface area contributed by atoms with Gasteiger partial charge in [-0.05, 0) is 38.5 Å². The quantitative estimate of drug-likeness (QED) is 0.0386. The molecule has 0 amide bonds. The third-order valence-electron chi connectivity index (χ3n) is 7.65. The van der Waals surface area contributed by atoms with Crippen molar-refractivity contribution in [2.75, 3.05) is 41.0 Å². The molecule has 0 aliphatic carbocycles. The first kappa shape index (κ1) is 41.1. The van der Waals surface area contributed by atoms with Crippen molar-refractivity contribution >= 4 is 17.9 Å². The second kappa shape index (κ2) is 27.6. The Balaban J connectivity index is 4.44. The van der Waals surface area contributed by atoms with E-state index in [2.05, 4.69) is 26.0 Å². The predicted octanol–water partition coefficient (Wildman–Crippen LogP) is 6.68. The third-order valence-corrected chi connectivity index (χ3v) is 7.65. The topological polar surface area (TPSA) is 102 Å². The molecule has 0 radical (unpaired) electrons. The Morgan fingerprint density at radius 2 is 1.16 bits per heavy atom. The Morgan fingerprint density at radius 3 is 1.70 bits per heavy atom. The van der Waals surface area contributed by atoms with Crippen molar-refractivity contribution in [1.82, 2.24) is 0 Å². The highest BCUT2D eigenvalue weighted by Crippen LogP contribution is 2.12. The van der Waals surface area contributed by atoms with E-state index in [4.69, 9.17) is 14.2 Å². The molecule has 0 aromatic rings. The molecule has 0 aliphatic rings. The summed E-state index contributed by atoms with van der Waals surface area (Å²) < 4.78 is 16.9. The zero-order valence-corrected chi connectivity index (χ0v) is 28.4. The summed E-state index contributed by atoms with van der Waals surface area (Å²) in [6, 6.07) is -0.720. The highest BCUT2D eigenvalue weighted by atomic mass is 16.6. The number of hydrogen-bond donors (Lipinski definition) is 0. The standard InChI is InChI=1S/C35H65NO7/c1-6-8-10-12-14-15-16-17-18-19-20-22-24-26-34(38)43-31(29-41-28-27-32(35(39)40)36(3,4)5)30-42-33(37)25-23-21-13-11-9-7-2/h15-16,31-32H,6-14,17-30H2,1-5H3/b16-15-. The van der Waals surface area contributed by atoms with Crippen LogP contribution >= 0.6 is 0 Å². The zero-order valence-electron chi connectivity index (χ0n) is 28.4. The van der Waals surface area contributed by atoms with E-state index in [0.717, 1.165) is 51.4 Å². The molecule has 0 fully saturated rings. The summed E-state index contributed by atoms with van der Waals surface area (Å²) in [5.74, 6) is -1.76. The lowest BCUT2D eigenvalue weighted by molar-refractivity contribution is -0.889. The van der Waals surface area contributed by atoms with Gasteiger partial charge in [-0.25, -0.2) is 0 Å². The van der Waals surface area contributed by atoms with Crippen molar-refractivity contribution in [2.45, 2.75) is 154 Å². The van der Waals surface area contributed by atoms with Gasteiger partial charge in [-0.15, -0.1) is 0 Å². The number of hydrogen-bond acceptors (Lipinski definition) is 7. The molecule has 2 atom stereocenters. The Kier molecular flexibility index (Phi) is 26.4. The summed E-state index contributed by atoms with van der Waals surface area (Å²) in [4.78, 5) is 36.3. The number of rotatable bonds is 30. The van der Waals surface area contributed by atoms with Crippen molar-refractivity contribution < 1.29 is 38.2 Å². The first-order valence-corrected chi connectivity index (χ1v) is 17.2. The molecule has 0 N–H and O–H groups in total. The average Bonchev–Trinajstić information content (AvgIpc) is 2.94. The fourth-order valence-electron chi connectivity index (χ4n) is 4.89. The Bertz CT molecular complexity index is 732. The van der Waals surface area contributed by atoms with Gasteiger partial charge in [-0.2, -0.15) is 0 Å². The van der Waals surface area contributed by atoms with Crippen molar-refractivity contribution in [3.8, 4) is 0 Å². The summed E-state index contributed by atoms with van der Waals surface area (Å²) in [5, 5.41) is 11.5. The summed E-state index contributed by atoms with van der Waals surface area (Å²) >= 11 is 0. The van der Waals surface area contributed by atoms with Crippen molar-refractivity contribution in [2.24, 2.45) is 0 Å². The minimum Gasteiger partial charge on any atom is -0.544 e. The summed E-state index contributed by atoms with van der Waals surface area (Å²) in [7, 11) is 5.38. The van der Waals surface area contributed by atoms with Gasteiger partial charge in [0.15, 0.2) is 6.10 Å². The number of likely N-dealkylation sites (N-methyl/N-ethyl adjacent to an activating group) is 1. The first-order valence-electron chi connectivity index (χ1n) is 17.2. The van der Waals surface area contributed by atoms with Gasteiger partial charge in [0, 0.05) is 19.3 Å². The van der Waals surface area contributed by atoms with E-state index >= 15 is 0 Å². The highest BCUT2D eigenvalue weighted by Gasteiger charge is 2.25. The van der Waals surface area contributed by atoms with Crippen LogP contribution in [0.15, 0.2) is 12.2 Å². The lowest BCUT2D eigenvalue weighted by Gasteiger charge is -2.34. The molecule has 0 aliphatic heterocycles. The molecule has 0 aromatic heterocycles. The van der Waals surface area contributed by atoms with Crippen LogP contribution in [0.1, 0.15) is 142 Å². The van der Waals surface area contributed by atoms with E-state index in [1.54, 1.807) is 21.1 Å². The second-order valence-electron chi connectivity index (χ2n) is 12.8. The molecular formula is C35H65NO7. The molecule has 0 heterocycles. The van der Waals surface area contributed by atoms with Gasteiger partial charge in [0.2, 0.25) is 0 Å². The van der Waals surface area contributed by atoms with Crippen LogP contribution in [0.2, 0.25) is 0 Å². The van der Waals surface area contributed by atoms with Gasteiger partial charge in [0.25, 0.3) is 0 Å². The molecule has 43 heavy (non-hydrogen) atoms. The number of esters is 2. The normalized spacial score (nSPS) is 13.2. The number of aliphatic carboxylic acids is 1. The van der Waals surface area contributed by atoms with Crippen LogP contribution in [0, 0.1) is 0 Å². The second-order valence-corrected chi connectivity index (χ2v) is 12.8. The lowest BCUT2D eigenvalue weighted by atomic mass is 10.1. The minimum atomic E-state index is -1.13. The molecule has 252 valence electrons. The highest BCUT2D eigenvalue weighted by molar-refractivity contribution is 5.70. The predicted molar refractivity (Wildman–Crippen MR) is 171 cm³/mol. The smallest absolute Gasteiger partial charge is 0.306 e. The van der Waals surface area contributed by atoms with Gasteiger partial charge in [-0.3, -0.25) is 9.59 Å². The summed E-state index contributed by atoms with van der Waals surface area (Å²) in [6.07, 6.45) is 24.0. The maximum atomic E-state index is 12.5. The molecule has 2 unspecified atom stereocenters. The van der Waals surface area contributed by atoms with Gasteiger partial charge >= 0.3 is 11.9 Å². The molecule has 0 saturated heterocycles. The monoisotopic (exact) mass is 611 g/mol.